The van der Waals surface area contributed by atoms with Gasteiger partial charge in [-0.3, -0.25) is 14.3 Å². The van der Waals surface area contributed by atoms with Gasteiger partial charge in [0.2, 0.25) is 11.8 Å². The van der Waals surface area contributed by atoms with Gasteiger partial charge in [0.25, 0.3) is 0 Å². The summed E-state index contributed by atoms with van der Waals surface area (Å²) in [6.45, 7) is 6.51. The van der Waals surface area contributed by atoms with E-state index < -0.39 is 5.92 Å². The predicted molar refractivity (Wildman–Crippen MR) is 99.4 cm³/mol. The first kappa shape index (κ1) is 18.0. The highest BCUT2D eigenvalue weighted by Crippen LogP contribution is 2.33. The van der Waals surface area contributed by atoms with E-state index >= 15 is 0 Å². The molecule has 1 atom stereocenters. The third-order valence-electron chi connectivity index (χ3n) is 4.71. The SMILES string of the molecule is CCOc1ccccc1N1C[C@@H](C(=O)Nc2c(C)nn(C)c2C)CC1=O. The Bertz CT molecular complexity index is 843. The fourth-order valence-corrected chi connectivity index (χ4v) is 3.25. The van der Waals surface area contributed by atoms with Gasteiger partial charge in [-0.25, -0.2) is 0 Å². The number of nitrogens with zero attached hydrogens (tertiary/aromatic N) is 3. The number of para-hydroxylation sites is 2. The minimum absolute atomic E-state index is 0.0723. The van der Waals surface area contributed by atoms with E-state index in [9.17, 15) is 9.59 Å². The Kier molecular flexibility index (Phi) is 4.97. The summed E-state index contributed by atoms with van der Waals surface area (Å²) in [5.41, 5.74) is 3.08. The van der Waals surface area contributed by atoms with Crippen molar-refractivity contribution in [2.24, 2.45) is 13.0 Å². The largest absolute Gasteiger partial charge is 0.492 e. The Balaban J connectivity index is 1.76. The van der Waals surface area contributed by atoms with Crippen molar-refractivity contribution in [3.8, 4) is 5.75 Å². The van der Waals surface area contributed by atoms with Crippen molar-refractivity contribution in [3.05, 3.63) is 35.7 Å². The maximum Gasteiger partial charge on any atom is 0.229 e. The number of nitrogens with one attached hydrogen (secondary N) is 1. The maximum absolute atomic E-state index is 12.7. The highest BCUT2D eigenvalue weighted by atomic mass is 16.5. The van der Waals surface area contributed by atoms with Gasteiger partial charge in [-0.15, -0.1) is 0 Å². The summed E-state index contributed by atoms with van der Waals surface area (Å²) < 4.78 is 7.35. The molecule has 1 fully saturated rings. The van der Waals surface area contributed by atoms with E-state index in [0.29, 0.717) is 24.6 Å². The number of aromatic nitrogens is 2. The fourth-order valence-electron chi connectivity index (χ4n) is 3.25. The van der Waals surface area contributed by atoms with Crippen molar-refractivity contribution in [3.63, 3.8) is 0 Å². The monoisotopic (exact) mass is 356 g/mol. The average Bonchev–Trinajstić information content (AvgIpc) is 3.11. The van der Waals surface area contributed by atoms with Crippen LogP contribution in [0.15, 0.2) is 24.3 Å². The Morgan fingerprint density at radius 3 is 2.73 bits per heavy atom. The van der Waals surface area contributed by atoms with E-state index in [2.05, 4.69) is 10.4 Å². The molecule has 138 valence electrons. The van der Waals surface area contributed by atoms with Crippen LogP contribution >= 0.6 is 0 Å². The second kappa shape index (κ2) is 7.19. The lowest BCUT2D eigenvalue weighted by molar-refractivity contribution is -0.122. The van der Waals surface area contributed by atoms with Crippen LogP contribution in [-0.2, 0) is 16.6 Å². The number of amides is 2. The number of aryl methyl sites for hydroxylation is 2. The molecule has 2 heterocycles. The van der Waals surface area contributed by atoms with Crippen LogP contribution in [0, 0.1) is 19.8 Å². The molecule has 0 bridgehead atoms. The first-order valence-electron chi connectivity index (χ1n) is 8.75. The molecule has 0 unspecified atom stereocenters. The molecule has 2 aromatic rings. The third kappa shape index (κ3) is 3.29. The highest BCUT2D eigenvalue weighted by molar-refractivity contribution is 6.04. The summed E-state index contributed by atoms with van der Waals surface area (Å²) in [7, 11) is 1.84. The molecule has 1 aliphatic heterocycles. The van der Waals surface area contributed by atoms with Gasteiger partial charge < -0.3 is 15.0 Å². The molecule has 2 amide bonds. The summed E-state index contributed by atoms with van der Waals surface area (Å²) in [6.07, 6.45) is 0.185. The molecule has 1 saturated heterocycles. The quantitative estimate of drug-likeness (QED) is 0.893. The third-order valence-corrected chi connectivity index (χ3v) is 4.71. The lowest BCUT2D eigenvalue weighted by Crippen LogP contribution is -2.28. The van der Waals surface area contributed by atoms with Gasteiger partial charge in [-0.2, -0.15) is 5.10 Å². The maximum atomic E-state index is 12.7. The topological polar surface area (TPSA) is 76.5 Å². The first-order chi connectivity index (χ1) is 12.4. The van der Waals surface area contributed by atoms with Crippen LogP contribution in [0.4, 0.5) is 11.4 Å². The summed E-state index contributed by atoms with van der Waals surface area (Å²) in [4.78, 5) is 26.9. The van der Waals surface area contributed by atoms with Crippen molar-refractivity contribution < 1.29 is 14.3 Å². The molecular weight excluding hydrogens is 332 g/mol. The molecule has 1 N–H and O–H groups in total. The van der Waals surface area contributed by atoms with Crippen molar-refractivity contribution in [1.82, 2.24) is 9.78 Å². The van der Waals surface area contributed by atoms with E-state index in [-0.39, 0.29) is 18.2 Å². The summed E-state index contributed by atoms with van der Waals surface area (Å²) in [5, 5.41) is 7.25. The van der Waals surface area contributed by atoms with E-state index in [0.717, 1.165) is 17.1 Å². The van der Waals surface area contributed by atoms with E-state index in [1.54, 1.807) is 9.58 Å². The smallest absolute Gasteiger partial charge is 0.229 e. The van der Waals surface area contributed by atoms with Gasteiger partial charge in [0.05, 0.1) is 35.3 Å². The van der Waals surface area contributed by atoms with Crippen LogP contribution < -0.4 is 15.0 Å². The summed E-state index contributed by atoms with van der Waals surface area (Å²) >= 11 is 0. The van der Waals surface area contributed by atoms with Crippen LogP contribution in [0.25, 0.3) is 0 Å². The van der Waals surface area contributed by atoms with E-state index in [1.165, 1.54) is 0 Å². The molecule has 0 spiro atoms. The second-order valence-corrected chi connectivity index (χ2v) is 6.46. The lowest BCUT2D eigenvalue weighted by Gasteiger charge is -2.20. The normalized spacial score (nSPS) is 16.8. The van der Waals surface area contributed by atoms with E-state index in [1.807, 2.05) is 52.1 Å². The molecule has 0 aliphatic carbocycles. The van der Waals surface area contributed by atoms with Crippen molar-refractivity contribution in [2.75, 3.05) is 23.4 Å². The van der Waals surface area contributed by atoms with Gasteiger partial charge in [-0.1, -0.05) is 12.1 Å². The van der Waals surface area contributed by atoms with Crippen molar-refractivity contribution in [1.29, 1.82) is 0 Å². The standard InChI is InChI=1S/C19H24N4O3/c1-5-26-16-9-7-6-8-15(16)23-11-14(10-17(23)24)19(25)20-18-12(2)21-22(4)13(18)3/h6-9,14H,5,10-11H2,1-4H3,(H,20,25)/t14-/m0/s1. The van der Waals surface area contributed by atoms with Gasteiger partial charge in [0.1, 0.15) is 5.75 Å². The Labute approximate surface area is 152 Å². The molecule has 7 heteroatoms. The van der Waals surface area contributed by atoms with Crippen molar-refractivity contribution in [2.45, 2.75) is 27.2 Å². The highest BCUT2D eigenvalue weighted by Gasteiger charge is 2.36. The predicted octanol–water partition coefficient (Wildman–Crippen LogP) is 2.43. The number of benzene rings is 1. The zero-order chi connectivity index (χ0) is 18.8. The van der Waals surface area contributed by atoms with Crippen LogP contribution in [0.2, 0.25) is 0 Å². The molecular formula is C19H24N4O3. The molecule has 7 nitrogen and oxygen atoms in total. The van der Waals surface area contributed by atoms with Crippen LogP contribution in [0.3, 0.4) is 0 Å². The Hall–Kier alpha value is -2.83. The molecule has 0 saturated carbocycles. The number of ether oxygens (including phenoxy) is 1. The Morgan fingerprint density at radius 2 is 2.08 bits per heavy atom. The molecule has 1 aromatic heterocycles. The van der Waals surface area contributed by atoms with Gasteiger partial charge >= 0.3 is 0 Å². The number of carbonyl (C=O) groups excluding carboxylic acids is 2. The van der Waals surface area contributed by atoms with E-state index in [4.69, 9.17) is 4.74 Å². The first-order valence-corrected chi connectivity index (χ1v) is 8.75. The average molecular weight is 356 g/mol. The van der Waals surface area contributed by atoms with Crippen LogP contribution in [-0.4, -0.2) is 34.7 Å². The van der Waals surface area contributed by atoms with Crippen LogP contribution in [0.1, 0.15) is 24.7 Å². The second-order valence-electron chi connectivity index (χ2n) is 6.46. The number of hydrogen-bond donors (Lipinski definition) is 1. The molecule has 3 rings (SSSR count). The molecule has 1 aliphatic rings. The molecule has 0 radical (unpaired) electrons. The van der Waals surface area contributed by atoms with Gasteiger partial charge in [0.15, 0.2) is 0 Å². The summed E-state index contributed by atoms with van der Waals surface area (Å²) in [5.74, 6) is 0.0189. The minimum atomic E-state index is -0.406. The fraction of sp³-hybridized carbons (Fsp3) is 0.421. The number of carbonyl (C=O) groups is 2. The molecule has 26 heavy (non-hydrogen) atoms. The number of hydrogen-bond acceptors (Lipinski definition) is 4. The zero-order valence-electron chi connectivity index (χ0n) is 15.6. The lowest BCUT2D eigenvalue weighted by atomic mass is 10.1. The minimum Gasteiger partial charge on any atom is -0.492 e. The number of rotatable bonds is 5. The number of anilines is 2. The molecule has 1 aromatic carbocycles. The Morgan fingerprint density at radius 1 is 1.35 bits per heavy atom. The summed E-state index contributed by atoms with van der Waals surface area (Å²) in [6, 6.07) is 7.41. The van der Waals surface area contributed by atoms with Crippen molar-refractivity contribution >= 4 is 23.2 Å². The van der Waals surface area contributed by atoms with Gasteiger partial charge in [-0.05, 0) is 32.9 Å². The zero-order valence-corrected chi connectivity index (χ0v) is 15.6. The van der Waals surface area contributed by atoms with Crippen LogP contribution in [0.5, 0.6) is 5.75 Å². The van der Waals surface area contributed by atoms with Gasteiger partial charge in [0, 0.05) is 20.0 Å².